The maximum absolute atomic E-state index is 11.4. The highest BCUT2D eigenvalue weighted by Gasteiger charge is 2.18. The summed E-state index contributed by atoms with van der Waals surface area (Å²) in [6, 6.07) is -1.25. The predicted octanol–water partition coefficient (Wildman–Crippen LogP) is 1.75. The van der Waals surface area contributed by atoms with Gasteiger partial charge in [0.25, 0.3) is 0 Å². The average molecular weight is 274 g/mol. The minimum absolute atomic E-state index is 0.433. The molecule has 0 heterocycles. The largest absolute Gasteiger partial charge is 0.480 e. The molecule has 0 aromatic carbocycles. The molecule has 0 aromatic rings. The van der Waals surface area contributed by atoms with Crippen LogP contribution in [-0.2, 0) is 9.53 Å². The second kappa shape index (κ2) is 11.8. The number of amides is 2. The Morgan fingerprint density at radius 1 is 1.16 bits per heavy atom. The zero-order valence-corrected chi connectivity index (χ0v) is 11.9. The molecule has 6 nitrogen and oxygen atoms in total. The number of hydrogen-bond acceptors (Lipinski definition) is 3. The van der Waals surface area contributed by atoms with Crippen molar-refractivity contribution in [2.24, 2.45) is 0 Å². The summed E-state index contributed by atoms with van der Waals surface area (Å²) in [5.74, 6) is -1.00. The molecule has 0 aliphatic rings. The van der Waals surface area contributed by atoms with Crippen LogP contribution < -0.4 is 10.6 Å². The van der Waals surface area contributed by atoms with Crippen LogP contribution in [0, 0.1) is 0 Å². The molecule has 0 aromatic heterocycles. The van der Waals surface area contributed by atoms with E-state index in [9.17, 15) is 9.59 Å². The van der Waals surface area contributed by atoms with Crippen LogP contribution in [0.4, 0.5) is 4.79 Å². The highest BCUT2D eigenvalue weighted by Crippen LogP contribution is 1.96. The van der Waals surface area contributed by atoms with Crippen molar-refractivity contribution in [3.05, 3.63) is 0 Å². The number of urea groups is 1. The van der Waals surface area contributed by atoms with Gasteiger partial charge in [0.2, 0.25) is 0 Å². The normalized spacial score (nSPS) is 11.9. The van der Waals surface area contributed by atoms with Gasteiger partial charge in [-0.2, -0.15) is 0 Å². The van der Waals surface area contributed by atoms with E-state index in [1.807, 2.05) is 6.92 Å². The van der Waals surface area contributed by atoms with Crippen LogP contribution in [0.15, 0.2) is 0 Å². The van der Waals surface area contributed by atoms with Crippen molar-refractivity contribution in [1.29, 1.82) is 0 Å². The van der Waals surface area contributed by atoms with E-state index in [2.05, 4.69) is 17.6 Å². The van der Waals surface area contributed by atoms with Gasteiger partial charge in [0.05, 0.1) is 0 Å². The van der Waals surface area contributed by atoms with E-state index in [0.29, 0.717) is 26.0 Å². The fraction of sp³-hybridized carbons (Fsp3) is 0.846. The standard InChI is InChI=1S/C13H26N2O4/c1-3-5-9-19-10-6-8-14-13(18)15-11(7-4-2)12(16)17/h11H,3-10H2,1-2H3,(H,16,17)(H2,14,15,18). The summed E-state index contributed by atoms with van der Waals surface area (Å²) in [7, 11) is 0. The lowest BCUT2D eigenvalue weighted by Gasteiger charge is -2.14. The minimum Gasteiger partial charge on any atom is -0.480 e. The summed E-state index contributed by atoms with van der Waals surface area (Å²) in [4.78, 5) is 22.3. The van der Waals surface area contributed by atoms with E-state index in [1.165, 1.54) is 0 Å². The fourth-order valence-corrected chi connectivity index (χ4v) is 1.48. The Morgan fingerprint density at radius 2 is 1.84 bits per heavy atom. The van der Waals surface area contributed by atoms with Crippen LogP contribution in [-0.4, -0.2) is 42.9 Å². The first kappa shape index (κ1) is 17.7. The van der Waals surface area contributed by atoms with Crippen LogP contribution in [0.1, 0.15) is 46.0 Å². The number of carbonyl (C=O) groups excluding carboxylic acids is 1. The lowest BCUT2D eigenvalue weighted by molar-refractivity contribution is -0.139. The molecule has 6 heteroatoms. The number of ether oxygens (including phenoxy) is 1. The number of unbranched alkanes of at least 4 members (excludes halogenated alkanes) is 1. The molecule has 0 rings (SSSR count). The van der Waals surface area contributed by atoms with Gasteiger partial charge >= 0.3 is 12.0 Å². The maximum Gasteiger partial charge on any atom is 0.326 e. The van der Waals surface area contributed by atoms with Gasteiger partial charge in [-0.15, -0.1) is 0 Å². The summed E-state index contributed by atoms with van der Waals surface area (Å²) in [5, 5.41) is 13.9. The van der Waals surface area contributed by atoms with Gasteiger partial charge in [0, 0.05) is 19.8 Å². The summed E-state index contributed by atoms with van der Waals surface area (Å²) >= 11 is 0. The number of carboxylic acid groups (broad SMARTS) is 1. The summed E-state index contributed by atoms with van der Waals surface area (Å²) in [6.07, 6.45) is 4.02. The zero-order chi connectivity index (χ0) is 14.5. The smallest absolute Gasteiger partial charge is 0.326 e. The lowest BCUT2D eigenvalue weighted by atomic mass is 10.2. The Hall–Kier alpha value is -1.30. The monoisotopic (exact) mass is 274 g/mol. The zero-order valence-electron chi connectivity index (χ0n) is 11.9. The summed E-state index contributed by atoms with van der Waals surface area (Å²) in [5.41, 5.74) is 0. The first-order chi connectivity index (χ1) is 9.11. The topological polar surface area (TPSA) is 87.7 Å². The molecule has 1 unspecified atom stereocenters. The first-order valence-corrected chi connectivity index (χ1v) is 6.96. The van der Waals surface area contributed by atoms with E-state index in [-0.39, 0.29) is 0 Å². The van der Waals surface area contributed by atoms with Crippen LogP contribution in [0.3, 0.4) is 0 Å². The Bertz CT molecular complexity index is 259. The number of hydrogen-bond donors (Lipinski definition) is 3. The lowest BCUT2D eigenvalue weighted by Crippen LogP contribution is -2.46. The van der Waals surface area contributed by atoms with Crippen LogP contribution in [0.25, 0.3) is 0 Å². The van der Waals surface area contributed by atoms with Gasteiger partial charge in [-0.1, -0.05) is 26.7 Å². The number of nitrogens with one attached hydrogen (secondary N) is 2. The van der Waals surface area contributed by atoms with Gasteiger partial charge in [-0.3, -0.25) is 0 Å². The predicted molar refractivity (Wildman–Crippen MR) is 73.2 cm³/mol. The summed E-state index contributed by atoms with van der Waals surface area (Å²) < 4.78 is 5.35. The third-order valence-corrected chi connectivity index (χ3v) is 2.57. The first-order valence-electron chi connectivity index (χ1n) is 6.96. The number of carboxylic acids is 1. The molecule has 0 fully saturated rings. The molecule has 0 radical (unpaired) electrons. The van der Waals surface area contributed by atoms with Crippen molar-refractivity contribution >= 4 is 12.0 Å². The third-order valence-electron chi connectivity index (χ3n) is 2.57. The van der Waals surface area contributed by atoms with E-state index >= 15 is 0 Å². The van der Waals surface area contributed by atoms with E-state index in [0.717, 1.165) is 25.9 Å². The summed E-state index contributed by atoms with van der Waals surface area (Å²) in [6.45, 7) is 5.82. The molecule has 1 atom stereocenters. The van der Waals surface area contributed by atoms with E-state index < -0.39 is 18.0 Å². The van der Waals surface area contributed by atoms with Gasteiger partial charge in [-0.25, -0.2) is 9.59 Å². The molecule has 19 heavy (non-hydrogen) atoms. The molecule has 0 saturated heterocycles. The number of aliphatic carboxylic acids is 1. The Morgan fingerprint density at radius 3 is 2.42 bits per heavy atom. The Kier molecular flexibility index (Phi) is 11.0. The molecule has 0 aliphatic heterocycles. The maximum atomic E-state index is 11.4. The Balaban J connectivity index is 3.60. The number of carbonyl (C=O) groups is 2. The van der Waals surface area contributed by atoms with Gasteiger partial charge in [-0.05, 0) is 19.3 Å². The second-order valence-corrected chi connectivity index (χ2v) is 4.40. The van der Waals surface area contributed by atoms with E-state index in [4.69, 9.17) is 9.84 Å². The molecule has 0 spiro atoms. The van der Waals surface area contributed by atoms with Crippen molar-refractivity contribution in [2.75, 3.05) is 19.8 Å². The van der Waals surface area contributed by atoms with Crippen LogP contribution in [0.2, 0.25) is 0 Å². The molecular formula is C13H26N2O4. The van der Waals surface area contributed by atoms with E-state index in [1.54, 1.807) is 0 Å². The quantitative estimate of drug-likeness (QED) is 0.501. The van der Waals surface area contributed by atoms with Crippen molar-refractivity contribution in [3.63, 3.8) is 0 Å². The third kappa shape index (κ3) is 10.3. The molecular weight excluding hydrogens is 248 g/mol. The highest BCUT2D eigenvalue weighted by molar-refractivity contribution is 5.82. The molecule has 0 aliphatic carbocycles. The second-order valence-electron chi connectivity index (χ2n) is 4.40. The van der Waals surface area contributed by atoms with Crippen LogP contribution >= 0.6 is 0 Å². The average Bonchev–Trinajstić information content (AvgIpc) is 2.37. The molecule has 112 valence electrons. The molecule has 0 saturated carbocycles. The van der Waals surface area contributed by atoms with Gasteiger partial charge in [0.15, 0.2) is 0 Å². The molecule has 2 amide bonds. The SMILES string of the molecule is CCCCOCCCNC(=O)NC(CCC)C(=O)O. The number of rotatable bonds is 11. The van der Waals surface area contributed by atoms with Crippen molar-refractivity contribution in [2.45, 2.75) is 52.0 Å². The van der Waals surface area contributed by atoms with Gasteiger partial charge < -0.3 is 20.5 Å². The minimum atomic E-state index is -1.00. The van der Waals surface area contributed by atoms with Crippen molar-refractivity contribution in [3.8, 4) is 0 Å². The van der Waals surface area contributed by atoms with Crippen LogP contribution in [0.5, 0.6) is 0 Å². The Labute approximate surface area is 114 Å². The molecule has 0 bridgehead atoms. The fourth-order valence-electron chi connectivity index (χ4n) is 1.48. The molecule has 3 N–H and O–H groups in total. The van der Waals surface area contributed by atoms with Crippen molar-refractivity contribution < 1.29 is 19.4 Å². The van der Waals surface area contributed by atoms with Crippen molar-refractivity contribution in [1.82, 2.24) is 10.6 Å². The highest BCUT2D eigenvalue weighted by atomic mass is 16.5. The van der Waals surface area contributed by atoms with Gasteiger partial charge in [0.1, 0.15) is 6.04 Å².